The maximum absolute atomic E-state index is 15.5. The fourth-order valence-electron chi connectivity index (χ4n) is 6.08. The number of benzene rings is 2. The first-order chi connectivity index (χ1) is 17.9. The molecule has 2 saturated heterocycles. The Labute approximate surface area is 214 Å². The fraction of sp³-hybridized carbons (Fsp3) is 0.464. The van der Waals surface area contributed by atoms with Gasteiger partial charge < -0.3 is 24.2 Å². The first kappa shape index (κ1) is 23.8. The van der Waals surface area contributed by atoms with Crippen LogP contribution in [-0.2, 0) is 25.3 Å². The molecule has 6 rings (SSSR count). The molecule has 1 unspecified atom stereocenters. The van der Waals surface area contributed by atoms with Gasteiger partial charge in [-0.3, -0.25) is 4.79 Å². The van der Waals surface area contributed by atoms with Crippen LogP contribution in [0.2, 0.25) is 0 Å². The Morgan fingerprint density at radius 2 is 1.73 bits per heavy atom. The molecule has 4 aliphatic rings. The van der Waals surface area contributed by atoms with Crippen LogP contribution in [-0.4, -0.2) is 73.6 Å². The third kappa shape index (κ3) is 3.83. The lowest BCUT2D eigenvalue weighted by atomic mass is 9.91. The summed E-state index contributed by atoms with van der Waals surface area (Å²) in [7, 11) is 0. The van der Waals surface area contributed by atoms with E-state index >= 15 is 4.39 Å². The summed E-state index contributed by atoms with van der Waals surface area (Å²) >= 11 is 0. The summed E-state index contributed by atoms with van der Waals surface area (Å²) in [6, 6.07) is 12.4. The molecule has 0 radical (unpaired) electrons. The zero-order valence-corrected chi connectivity index (χ0v) is 20.9. The summed E-state index contributed by atoms with van der Waals surface area (Å²) in [5.41, 5.74) is 0.882. The van der Waals surface area contributed by atoms with Crippen molar-refractivity contribution in [1.82, 2.24) is 9.80 Å². The van der Waals surface area contributed by atoms with Crippen LogP contribution in [0.25, 0.3) is 0 Å². The van der Waals surface area contributed by atoms with Crippen LogP contribution in [0.5, 0.6) is 0 Å². The van der Waals surface area contributed by atoms with E-state index in [1.54, 1.807) is 28.9 Å². The van der Waals surface area contributed by atoms with Gasteiger partial charge in [0.25, 0.3) is 0 Å². The number of rotatable bonds is 4. The second-order valence-corrected chi connectivity index (χ2v) is 10.3. The third-order valence-corrected chi connectivity index (χ3v) is 8.24. The maximum atomic E-state index is 15.5. The average Bonchev–Trinajstić information content (AvgIpc) is 3.53. The number of esters is 1. The molecule has 2 aromatic rings. The Morgan fingerprint density at radius 3 is 2.43 bits per heavy atom. The number of carbonyl (C=O) groups excluding carboxylic acids is 3. The first-order valence-electron chi connectivity index (χ1n) is 13.0. The van der Waals surface area contributed by atoms with Crippen molar-refractivity contribution in [3.05, 3.63) is 65.0 Å². The number of anilines is 1. The molecule has 37 heavy (non-hydrogen) atoms. The number of nitrogens with zero attached hydrogens (tertiary/aromatic N) is 3. The van der Waals surface area contributed by atoms with E-state index in [0.29, 0.717) is 76.3 Å². The molecule has 1 saturated carbocycles. The molecule has 2 amide bonds. The molecule has 1 aliphatic carbocycles. The van der Waals surface area contributed by atoms with Crippen molar-refractivity contribution in [2.75, 3.05) is 50.8 Å². The average molecular weight is 508 g/mol. The van der Waals surface area contributed by atoms with Crippen molar-refractivity contribution in [2.24, 2.45) is 0 Å². The van der Waals surface area contributed by atoms with Gasteiger partial charge in [0.15, 0.2) is 5.60 Å². The second kappa shape index (κ2) is 8.75. The Balaban J connectivity index is 1.16. The van der Waals surface area contributed by atoms with Crippen LogP contribution in [0.4, 0.5) is 14.9 Å². The molecule has 3 heterocycles. The van der Waals surface area contributed by atoms with Gasteiger partial charge in [0, 0.05) is 56.0 Å². The summed E-state index contributed by atoms with van der Waals surface area (Å²) in [5, 5.41) is 0. The molecule has 0 bridgehead atoms. The highest BCUT2D eigenvalue weighted by atomic mass is 19.1. The van der Waals surface area contributed by atoms with Gasteiger partial charge >= 0.3 is 12.1 Å². The lowest BCUT2D eigenvalue weighted by Crippen LogP contribution is -2.49. The first-order valence-corrected chi connectivity index (χ1v) is 13.0. The quantitative estimate of drug-likeness (QED) is 0.590. The molecule has 2 aromatic carbocycles. The molecule has 8 nitrogen and oxygen atoms in total. The molecule has 9 heteroatoms. The Kier molecular flexibility index (Phi) is 5.62. The standard InChI is InChI=1S/C28H30FN3O5/c1-2-36-26(35)31-15-13-30(14-16-31)19-7-8-22(23(29)17-19)27(9-10-27)25(34)32-12-11-28(18-32)21-6-4-3-5-20(21)24(33)37-28/h3-8,17H,2,9-16,18H2,1H3. The Morgan fingerprint density at radius 1 is 0.973 bits per heavy atom. The summed E-state index contributed by atoms with van der Waals surface area (Å²) in [5.74, 6) is -0.835. The van der Waals surface area contributed by atoms with Crippen LogP contribution >= 0.6 is 0 Å². The van der Waals surface area contributed by atoms with E-state index in [9.17, 15) is 14.4 Å². The van der Waals surface area contributed by atoms with Gasteiger partial charge in [0.05, 0.1) is 24.1 Å². The van der Waals surface area contributed by atoms with Crippen LogP contribution < -0.4 is 4.90 Å². The minimum absolute atomic E-state index is 0.0977. The molecule has 3 fully saturated rings. The second-order valence-electron chi connectivity index (χ2n) is 10.3. The highest BCUT2D eigenvalue weighted by molar-refractivity contribution is 5.96. The molecule has 1 spiro atoms. The number of halogens is 1. The van der Waals surface area contributed by atoms with Gasteiger partial charge in [-0.1, -0.05) is 24.3 Å². The third-order valence-electron chi connectivity index (χ3n) is 8.24. The number of hydrogen-bond acceptors (Lipinski definition) is 6. The monoisotopic (exact) mass is 507 g/mol. The van der Waals surface area contributed by atoms with Gasteiger partial charge in [0.1, 0.15) is 5.82 Å². The molecule has 3 aliphatic heterocycles. The fourth-order valence-corrected chi connectivity index (χ4v) is 6.08. The van der Waals surface area contributed by atoms with Crippen molar-refractivity contribution < 1.29 is 28.2 Å². The van der Waals surface area contributed by atoms with Crippen LogP contribution in [0, 0.1) is 5.82 Å². The molecule has 1 atom stereocenters. The molecular weight excluding hydrogens is 477 g/mol. The number of ether oxygens (including phenoxy) is 2. The minimum Gasteiger partial charge on any atom is -0.450 e. The lowest BCUT2D eigenvalue weighted by Gasteiger charge is -2.35. The number of amides is 2. The highest BCUT2D eigenvalue weighted by Crippen LogP contribution is 2.53. The van der Waals surface area contributed by atoms with Crippen molar-refractivity contribution >= 4 is 23.7 Å². The summed E-state index contributed by atoms with van der Waals surface area (Å²) < 4.78 is 26.3. The van der Waals surface area contributed by atoms with E-state index in [2.05, 4.69) is 0 Å². The van der Waals surface area contributed by atoms with Crippen molar-refractivity contribution in [3.8, 4) is 0 Å². The van der Waals surface area contributed by atoms with Crippen LogP contribution in [0.1, 0.15) is 47.7 Å². The number of piperazine rings is 1. The van der Waals surface area contributed by atoms with Crippen LogP contribution in [0.15, 0.2) is 42.5 Å². The Hall–Kier alpha value is -3.62. The van der Waals surface area contributed by atoms with Gasteiger partial charge in [-0.2, -0.15) is 0 Å². The van der Waals surface area contributed by atoms with E-state index in [0.717, 1.165) is 11.3 Å². The molecule has 0 N–H and O–H groups in total. The van der Waals surface area contributed by atoms with E-state index in [-0.39, 0.29) is 23.8 Å². The van der Waals surface area contributed by atoms with E-state index in [1.807, 2.05) is 29.2 Å². The van der Waals surface area contributed by atoms with Gasteiger partial charge in [-0.25, -0.2) is 14.0 Å². The van der Waals surface area contributed by atoms with E-state index in [4.69, 9.17) is 9.47 Å². The summed E-state index contributed by atoms with van der Waals surface area (Å²) in [4.78, 5) is 43.5. The Bertz CT molecular complexity index is 1270. The largest absolute Gasteiger partial charge is 0.450 e. The zero-order chi connectivity index (χ0) is 25.8. The number of likely N-dealkylation sites (tertiary alicyclic amines) is 1. The number of carbonyl (C=O) groups is 3. The van der Waals surface area contributed by atoms with Crippen molar-refractivity contribution in [2.45, 2.75) is 37.2 Å². The molecule has 0 aromatic heterocycles. The number of fused-ring (bicyclic) bond motifs is 2. The lowest BCUT2D eigenvalue weighted by molar-refractivity contribution is -0.134. The maximum Gasteiger partial charge on any atom is 0.409 e. The van der Waals surface area contributed by atoms with Crippen molar-refractivity contribution in [1.29, 1.82) is 0 Å². The van der Waals surface area contributed by atoms with Gasteiger partial charge in [0.2, 0.25) is 5.91 Å². The van der Waals surface area contributed by atoms with Gasteiger partial charge in [-0.05, 0) is 38.0 Å². The topological polar surface area (TPSA) is 79.4 Å². The molecular formula is C28H30FN3O5. The normalized spacial score (nSPS) is 23.7. The smallest absolute Gasteiger partial charge is 0.409 e. The summed E-state index contributed by atoms with van der Waals surface area (Å²) in [6.07, 6.45) is 1.41. The highest BCUT2D eigenvalue weighted by Gasteiger charge is 2.58. The van der Waals surface area contributed by atoms with E-state index < -0.39 is 11.0 Å². The zero-order valence-electron chi connectivity index (χ0n) is 20.9. The predicted octanol–water partition coefficient (Wildman–Crippen LogP) is 3.43. The van der Waals surface area contributed by atoms with E-state index in [1.165, 1.54) is 6.07 Å². The molecule has 194 valence electrons. The van der Waals surface area contributed by atoms with Gasteiger partial charge in [-0.15, -0.1) is 0 Å². The number of hydrogen-bond donors (Lipinski definition) is 0. The predicted molar refractivity (Wildman–Crippen MR) is 133 cm³/mol. The summed E-state index contributed by atoms with van der Waals surface area (Å²) in [6.45, 7) is 5.05. The minimum atomic E-state index is -0.862. The van der Waals surface area contributed by atoms with Crippen LogP contribution in [0.3, 0.4) is 0 Å². The SMILES string of the molecule is CCOC(=O)N1CCN(c2ccc(C3(C(=O)N4CCC5(C4)OC(=O)c4ccccc45)CC3)c(F)c2)CC1. The van der Waals surface area contributed by atoms with Crippen molar-refractivity contribution in [3.63, 3.8) is 0 Å².